The molecular weight excluding hydrogens is 599 g/mol. The SMILES string of the molecule is CC1(C)CC(C)(C)c2cc(-c3ccccc3N(c3ccc4c(c3)C(C)(C)c3ccccc3-4)c3cccc4c3sc3ccccc34)ccc21. The molecule has 9 rings (SSSR count). The summed E-state index contributed by atoms with van der Waals surface area (Å²) in [6.45, 7) is 14.4. The Kier molecular flexibility index (Phi) is 6.25. The number of para-hydroxylation sites is 1. The molecular formula is C46H41NS. The van der Waals surface area contributed by atoms with Gasteiger partial charge in [0.1, 0.15) is 0 Å². The molecule has 0 aliphatic heterocycles. The van der Waals surface area contributed by atoms with Crippen LogP contribution in [0.5, 0.6) is 0 Å². The van der Waals surface area contributed by atoms with E-state index in [1.165, 1.54) is 81.7 Å². The summed E-state index contributed by atoms with van der Waals surface area (Å²) >= 11 is 1.90. The topological polar surface area (TPSA) is 3.24 Å². The summed E-state index contributed by atoms with van der Waals surface area (Å²) in [5.74, 6) is 0. The predicted octanol–water partition coefficient (Wildman–Crippen LogP) is 13.5. The lowest BCUT2D eigenvalue weighted by Crippen LogP contribution is -2.18. The highest BCUT2D eigenvalue weighted by atomic mass is 32.1. The Labute approximate surface area is 288 Å². The van der Waals surface area contributed by atoms with E-state index in [0.717, 1.165) is 6.42 Å². The normalized spacial score (nSPS) is 16.5. The van der Waals surface area contributed by atoms with Crippen LogP contribution in [0.3, 0.4) is 0 Å². The smallest absolute Gasteiger partial charge is 0.0640 e. The Morgan fingerprint density at radius 1 is 0.500 bits per heavy atom. The van der Waals surface area contributed by atoms with Gasteiger partial charge in [-0.05, 0) is 86.5 Å². The first-order valence-corrected chi connectivity index (χ1v) is 18.1. The van der Waals surface area contributed by atoms with E-state index in [2.05, 4.69) is 174 Å². The molecule has 2 aliphatic carbocycles. The average molecular weight is 640 g/mol. The predicted molar refractivity (Wildman–Crippen MR) is 208 cm³/mol. The van der Waals surface area contributed by atoms with Gasteiger partial charge in [-0.1, -0.05) is 139 Å². The largest absolute Gasteiger partial charge is 0.308 e. The summed E-state index contributed by atoms with van der Waals surface area (Å²) < 4.78 is 2.63. The molecule has 0 bridgehead atoms. The van der Waals surface area contributed by atoms with Gasteiger partial charge in [-0.25, -0.2) is 0 Å². The maximum atomic E-state index is 2.54. The van der Waals surface area contributed by atoms with Crippen LogP contribution in [0.1, 0.15) is 70.2 Å². The number of benzene rings is 6. The molecule has 0 saturated carbocycles. The molecule has 0 radical (unpaired) electrons. The first kappa shape index (κ1) is 29.5. The first-order valence-electron chi connectivity index (χ1n) is 17.2. The second kappa shape index (κ2) is 10.2. The summed E-state index contributed by atoms with van der Waals surface area (Å²) in [7, 11) is 0. The molecule has 1 aromatic heterocycles. The van der Waals surface area contributed by atoms with Crippen LogP contribution < -0.4 is 4.90 Å². The summed E-state index contributed by atoms with van der Waals surface area (Å²) in [5.41, 5.74) is 14.8. The molecule has 0 saturated heterocycles. The number of hydrogen-bond acceptors (Lipinski definition) is 2. The van der Waals surface area contributed by atoms with Gasteiger partial charge in [-0.15, -0.1) is 11.3 Å². The summed E-state index contributed by atoms with van der Waals surface area (Å²) in [4.78, 5) is 2.54. The number of nitrogens with zero attached hydrogens (tertiary/aromatic N) is 1. The van der Waals surface area contributed by atoms with E-state index < -0.39 is 0 Å². The number of fused-ring (bicyclic) bond motifs is 7. The number of anilines is 3. The molecule has 0 fully saturated rings. The number of hydrogen-bond donors (Lipinski definition) is 0. The third-order valence-corrected chi connectivity index (χ3v) is 12.5. The fourth-order valence-electron chi connectivity index (χ4n) is 9.22. The minimum atomic E-state index is -0.0882. The molecule has 1 nitrogen and oxygen atoms in total. The van der Waals surface area contributed by atoms with Crippen molar-refractivity contribution in [3.05, 3.63) is 150 Å². The number of thiophene rings is 1. The fraction of sp³-hybridized carbons (Fsp3) is 0.217. The summed E-state index contributed by atoms with van der Waals surface area (Å²) in [5, 5.41) is 2.63. The van der Waals surface area contributed by atoms with Crippen LogP contribution in [0.15, 0.2) is 127 Å². The van der Waals surface area contributed by atoms with Crippen molar-refractivity contribution in [2.24, 2.45) is 0 Å². The van der Waals surface area contributed by atoms with E-state index >= 15 is 0 Å². The first-order chi connectivity index (χ1) is 23.0. The minimum Gasteiger partial charge on any atom is -0.308 e. The van der Waals surface area contributed by atoms with Gasteiger partial charge >= 0.3 is 0 Å². The zero-order valence-corrected chi connectivity index (χ0v) is 29.5. The van der Waals surface area contributed by atoms with E-state index in [0.29, 0.717) is 0 Å². The Hall–Kier alpha value is -4.66. The molecule has 6 aromatic carbocycles. The molecule has 1 heterocycles. The molecule has 0 atom stereocenters. The van der Waals surface area contributed by atoms with Gasteiger partial charge < -0.3 is 4.90 Å². The van der Waals surface area contributed by atoms with Gasteiger partial charge in [0.15, 0.2) is 0 Å². The van der Waals surface area contributed by atoms with Crippen LogP contribution in [0, 0.1) is 0 Å². The monoisotopic (exact) mass is 639 g/mol. The van der Waals surface area contributed by atoms with E-state index in [-0.39, 0.29) is 16.2 Å². The van der Waals surface area contributed by atoms with Crippen LogP contribution in [0.4, 0.5) is 17.1 Å². The van der Waals surface area contributed by atoms with Crippen LogP contribution in [0.25, 0.3) is 42.4 Å². The van der Waals surface area contributed by atoms with Gasteiger partial charge in [0.25, 0.3) is 0 Å². The Bertz CT molecular complexity index is 2420. The zero-order valence-electron chi connectivity index (χ0n) is 28.7. The molecule has 0 spiro atoms. The van der Waals surface area contributed by atoms with Crippen molar-refractivity contribution in [1.82, 2.24) is 0 Å². The van der Waals surface area contributed by atoms with E-state index in [1.54, 1.807) is 0 Å². The maximum Gasteiger partial charge on any atom is 0.0640 e. The van der Waals surface area contributed by atoms with Crippen molar-refractivity contribution in [1.29, 1.82) is 0 Å². The lowest BCUT2D eigenvalue weighted by Gasteiger charge is -2.30. The third-order valence-electron chi connectivity index (χ3n) is 11.3. The second-order valence-electron chi connectivity index (χ2n) is 15.7. The molecule has 0 amide bonds. The highest BCUT2D eigenvalue weighted by Crippen LogP contribution is 2.54. The van der Waals surface area contributed by atoms with Crippen molar-refractivity contribution in [2.75, 3.05) is 4.90 Å². The van der Waals surface area contributed by atoms with Gasteiger partial charge in [0.05, 0.1) is 16.1 Å². The van der Waals surface area contributed by atoms with Crippen molar-refractivity contribution in [3.8, 4) is 22.3 Å². The van der Waals surface area contributed by atoms with Gasteiger partial charge in [0.2, 0.25) is 0 Å². The summed E-state index contributed by atoms with van der Waals surface area (Å²) in [6, 6.07) is 48.0. The fourth-order valence-corrected chi connectivity index (χ4v) is 10.4. The van der Waals surface area contributed by atoms with Crippen LogP contribution in [-0.2, 0) is 16.2 Å². The van der Waals surface area contributed by atoms with Crippen LogP contribution >= 0.6 is 11.3 Å². The standard InChI is InChI=1S/C46H41NS/c1-44(2)28-45(3,4)39-26-29(22-25-37(39)44)31-14-8-11-19-40(31)47(41-20-13-17-35-34-16-9-12-21-42(34)48-43(35)41)30-23-24-33-32-15-7-10-18-36(32)46(5,6)38(33)27-30/h7-27H,28H2,1-6H3. The van der Waals surface area contributed by atoms with Crippen LogP contribution in [0.2, 0.25) is 0 Å². The lowest BCUT2D eigenvalue weighted by atomic mass is 9.82. The highest BCUT2D eigenvalue weighted by molar-refractivity contribution is 7.26. The van der Waals surface area contributed by atoms with Crippen molar-refractivity contribution in [2.45, 2.75) is 64.2 Å². The molecule has 0 unspecified atom stereocenters. The second-order valence-corrected chi connectivity index (χ2v) is 16.8. The average Bonchev–Trinajstić information content (AvgIpc) is 3.64. The van der Waals surface area contributed by atoms with Crippen molar-refractivity contribution >= 4 is 48.6 Å². The molecule has 48 heavy (non-hydrogen) atoms. The molecule has 7 aromatic rings. The maximum absolute atomic E-state index is 2.54. The Balaban J connectivity index is 1.31. The Morgan fingerprint density at radius 3 is 2.02 bits per heavy atom. The van der Waals surface area contributed by atoms with E-state index in [9.17, 15) is 0 Å². The minimum absolute atomic E-state index is 0.0882. The van der Waals surface area contributed by atoms with E-state index in [1.807, 2.05) is 11.3 Å². The molecule has 2 aliphatic rings. The quantitative estimate of drug-likeness (QED) is 0.185. The van der Waals surface area contributed by atoms with Gasteiger partial charge in [-0.2, -0.15) is 0 Å². The van der Waals surface area contributed by atoms with Crippen LogP contribution in [-0.4, -0.2) is 0 Å². The van der Waals surface area contributed by atoms with E-state index in [4.69, 9.17) is 0 Å². The van der Waals surface area contributed by atoms with Gasteiger partial charge in [-0.3, -0.25) is 0 Å². The molecule has 2 heteroatoms. The lowest BCUT2D eigenvalue weighted by molar-refractivity contribution is 0.403. The van der Waals surface area contributed by atoms with Gasteiger partial charge in [0, 0.05) is 32.1 Å². The molecule has 0 N–H and O–H groups in total. The van der Waals surface area contributed by atoms with Crippen molar-refractivity contribution < 1.29 is 0 Å². The van der Waals surface area contributed by atoms with Crippen molar-refractivity contribution in [3.63, 3.8) is 0 Å². The zero-order chi connectivity index (χ0) is 33.0. The Morgan fingerprint density at radius 2 is 1.17 bits per heavy atom. The summed E-state index contributed by atoms with van der Waals surface area (Å²) in [6.07, 6.45) is 1.16. The molecule has 236 valence electrons. The highest BCUT2D eigenvalue weighted by Gasteiger charge is 2.42. The third kappa shape index (κ3) is 4.21. The number of rotatable bonds is 4.